The fourth-order valence-electron chi connectivity index (χ4n) is 2.86. The Morgan fingerprint density at radius 1 is 1.17 bits per heavy atom. The highest BCUT2D eigenvalue weighted by Crippen LogP contribution is 2.30. The second kappa shape index (κ2) is 8.72. The van der Waals surface area contributed by atoms with E-state index in [9.17, 15) is 18.0 Å². The van der Waals surface area contributed by atoms with Crippen LogP contribution in [-0.4, -0.2) is 40.0 Å². The van der Waals surface area contributed by atoms with Crippen LogP contribution in [0.2, 0.25) is 0 Å². The Hall–Kier alpha value is -3.11. The number of hydrogen-bond acceptors (Lipinski definition) is 6. The molecule has 9 nitrogen and oxygen atoms in total. The predicted octanol–water partition coefficient (Wildman–Crippen LogP) is 1.97. The van der Waals surface area contributed by atoms with Gasteiger partial charge in [0.15, 0.2) is 6.61 Å². The van der Waals surface area contributed by atoms with Crippen LogP contribution in [0.15, 0.2) is 47.4 Å². The maximum absolute atomic E-state index is 12.8. The summed E-state index contributed by atoms with van der Waals surface area (Å²) in [6, 6.07) is 9.65. The molecule has 1 aliphatic rings. The van der Waals surface area contributed by atoms with Gasteiger partial charge in [0.25, 0.3) is 5.91 Å². The summed E-state index contributed by atoms with van der Waals surface area (Å²) in [5.74, 6) is -0.120. The average molecular weight is 433 g/mol. The Labute approximate surface area is 174 Å². The van der Waals surface area contributed by atoms with Gasteiger partial charge in [-0.25, -0.2) is 8.42 Å². The molecule has 2 aromatic carbocycles. The summed E-state index contributed by atoms with van der Waals surface area (Å²) in [5, 5.41) is 5.35. The van der Waals surface area contributed by atoms with E-state index in [2.05, 4.69) is 15.4 Å². The zero-order valence-corrected chi connectivity index (χ0v) is 17.6. The van der Waals surface area contributed by atoms with Crippen LogP contribution in [0.25, 0.3) is 0 Å². The fourth-order valence-corrected chi connectivity index (χ4v) is 4.21. The molecule has 0 spiro atoms. The third-order valence-corrected chi connectivity index (χ3v) is 5.94. The maximum Gasteiger partial charge on any atom is 0.262 e. The first-order valence-corrected chi connectivity index (χ1v) is 10.7. The molecule has 2 aromatic rings. The highest BCUT2D eigenvalue weighted by atomic mass is 32.2. The van der Waals surface area contributed by atoms with Crippen LogP contribution in [0.3, 0.4) is 0 Å². The second-order valence-electron chi connectivity index (χ2n) is 7.06. The third kappa shape index (κ3) is 4.89. The molecule has 0 saturated heterocycles. The summed E-state index contributed by atoms with van der Waals surface area (Å²) >= 11 is 0. The fraction of sp³-hybridized carbons (Fsp3) is 0.300. The lowest BCUT2D eigenvalue weighted by Crippen LogP contribution is -2.47. The monoisotopic (exact) mass is 433 g/mol. The van der Waals surface area contributed by atoms with Crippen molar-refractivity contribution >= 4 is 33.2 Å². The molecule has 0 bridgehead atoms. The van der Waals surface area contributed by atoms with E-state index in [0.717, 1.165) is 0 Å². The molecule has 1 heterocycles. The number of anilines is 2. The molecule has 3 N–H and O–H groups in total. The minimum Gasteiger partial charge on any atom is -0.497 e. The van der Waals surface area contributed by atoms with Crippen LogP contribution in [0.4, 0.5) is 11.4 Å². The van der Waals surface area contributed by atoms with Gasteiger partial charge in [0.2, 0.25) is 15.9 Å². The van der Waals surface area contributed by atoms with Crippen molar-refractivity contribution in [2.24, 2.45) is 5.92 Å². The van der Waals surface area contributed by atoms with Crippen LogP contribution in [0, 0.1) is 5.92 Å². The number of amides is 2. The minimum absolute atomic E-state index is 0.0235. The summed E-state index contributed by atoms with van der Waals surface area (Å²) < 4.78 is 38.3. The Bertz CT molecular complexity index is 1050. The summed E-state index contributed by atoms with van der Waals surface area (Å²) in [4.78, 5) is 24.3. The Morgan fingerprint density at radius 3 is 2.50 bits per heavy atom. The number of fused-ring (bicyclic) bond motifs is 1. The van der Waals surface area contributed by atoms with Crippen molar-refractivity contribution in [1.29, 1.82) is 0 Å². The number of benzene rings is 2. The standard InChI is InChI=1S/C20H23N3O6S/c1-12(2)19(23-30(26,27)15-7-5-14(28-3)6-8-15)20(25)21-13-4-9-17-16(10-13)22-18(24)11-29-17/h4-10,12,19,23H,11H2,1-3H3,(H,21,25)(H,22,24)/t19-/m0/s1. The van der Waals surface area contributed by atoms with Crippen LogP contribution >= 0.6 is 0 Å². The van der Waals surface area contributed by atoms with E-state index in [0.29, 0.717) is 22.9 Å². The number of rotatable bonds is 7. The van der Waals surface area contributed by atoms with E-state index >= 15 is 0 Å². The average Bonchev–Trinajstić information content (AvgIpc) is 2.71. The molecule has 0 aliphatic carbocycles. The molecule has 3 rings (SSSR count). The van der Waals surface area contributed by atoms with Crippen molar-refractivity contribution in [1.82, 2.24) is 4.72 Å². The molecule has 1 aliphatic heterocycles. The van der Waals surface area contributed by atoms with Crippen LogP contribution in [-0.2, 0) is 19.6 Å². The largest absolute Gasteiger partial charge is 0.497 e. The minimum atomic E-state index is -3.93. The summed E-state index contributed by atoms with van der Waals surface area (Å²) in [6.45, 7) is 3.41. The number of carbonyl (C=O) groups is 2. The van der Waals surface area contributed by atoms with Gasteiger partial charge < -0.3 is 20.1 Å². The van der Waals surface area contributed by atoms with Crippen molar-refractivity contribution in [2.45, 2.75) is 24.8 Å². The molecule has 160 valence electrons. The highest BCUT2D eigenvalue weighted by Gasteiger charge is 2.29. The smallest absolute Gasteiger partial charge is 0.262 e. The van der Waals surface area contributed by atoms with Gasteiger partial charge in [-0.1, -0.05) is 13.8 Å². The van der Waals surface area contributed by atoms with E-state index in [-0.39, 0.29) is 23.3 Å². The van der Waals surface area contributed by atoms with Crippen molar-refractivity contribution < 1.29 is 27.5 Å². The molecule has 0 fully saturated rings. The summed E-state index contributed by atoms with van der Waals surface area (Å²) in [5.41, 5.74) is 0.836. The number of methoxy groups -OCH3 is 1. The Morgan fingerprint density at radius 2 is 1.87 bits per heavy atom. The van der Waals surface area contributed by atoms with E-state index in [1.54, 1.807) is 32.0 Å². The highest BCUT2D eigenvalue weighted by molar-refractivity contribution is 7.89. The van der Waals surface area contributed by atoms with Crippen molar-refractivity contribution in [3.63, 3.8) is 0 Å². The molecule has 0 saturated carbocycles. The van der Waals surface area contributed by atoms with Gasteiger partial charge >= 0.3 is 0 Å². The predicted molar refractivity (Wildman–Crippen MR) is 111 cm³/mol. The van der Waals surface area contributed by atoms with Gasteiger partial charge in [-0.15, -0.1) is 0 Å². The van der Waals surface area contributed by atoms with Gasteiger partial charge in [-0.3, -0.25) is 9.59 Å². The first-order valence-electron chi connectivity index (χ1n) is 9.23. The van der Waals surface area contributed by atoms with Gasteiger partial charge in [0.1, 0.15) is 17.5 Å². The van der Waals surface area contributed by atoms with E-state index in [1.807, 2.05) is 0 Å². The molecule has 10 heteroatoms. The van der Waals surface area contributed by atoms with Gasteiger partial charge in [-0.05, 0) is 48.4 Å². The van der Waals surface area contributed by atoms with Crippen LogP contribution < -0.4 is 24.8 Å². The SMILES string of the molecule is COc1ccc(S(=O)(=O)N[C@H](C(=O)Nc2ccc3c(c2)NC(=O)CO3)C(C)C)cc1. The number of hydrogen-bond donors (Lipinski definition) is 3. The topological polar surface area (TPSA) is 123 Å². The van der Waals surface area contributed by atoms with Crippen LogP contribution in [0.1, 0.15) is 13.8 Å². The van der Waals surface area contributed by atoms with Crippen molar-refractivity contribution in [3.05, 3.63) is 42.5 Å². The van der Waals surface area contributed by atoms with Crippen molar-refractivity contribution in [2.75, 3.05) is 24.4 Å². The molecule has 0 aromatic heterocycles. The first-order chi connectivity index (χ1) is 14.2. The second-order valence-corrected chi connectivity index (χ2v) is 8.77. The van der Waals surface area contributed by atoms with Gasteiger partial charge in [-0.2, -0.15) is 4.72 Å². The number of sulfonamides is 1. The Balaban J connectivity index is 1.76. The van der Waals surface area contributed by atoms with Gasteiger partial charge in [0.05, 0.1) is 17.7 Å². The molecule has 30 heavy (non-hydrogen) atoms. The number of ether oxygens (including phenoxy) is 2. The summed E-state index contributed by atoms with van der Waals surface area (Å²) in [6.07, 6.45) is 0. The van der Waals surface area contributed by atoms with E-state index in [4.69, 9.17) is 9.47 Å². The maximum atomic E-state index is 12.8. The number of carbonyl (C=O) groups excluding carboxylic acids is 2. The molecular weight excluding hydrogens is 410 g/mol. The lowest BCUT2D eigenvalue weighted by Gasteiger charge is -2.23. The normalized spacial score (nSPS) is 14.3. The van der Waals surface area contributed by atoms with E-state index in [1.165, 1.54) is 31.4 Å². The zero-order chi connectivity index (χ0) is 21.9. The molecular formula is C20H23N3O6S. The summed E-state index contributed by atoms with van der Waals surface area (Å²) in [7, 11) is -2.45. The molecule has 0 radical (unpaired) electrons. The Kier molecular flexibility index (Phi) is 6.28. The lowest BCUT2D eigenvalue weighted by atomic mass is 10.0. The number of nitrogens with one attached hydrogen (secondary N) is 3. The quantitative estimate of drug-likeness (QED) is 0.614. The first kappa shape index (κ1) is 21.6. The molecule has 0 unspecified atom stereocenters. The lowest BCUT2D eigenvalue weighted by molar-refractivity contribution is -0.119. The third-order valence-electron chi connectivity index (χ3n) is 4.48. The zero-order valence-electron chi connectivity index (χ0n) is 16.8. The van der Waals surface area contributed by atoms with Gasteiger partial charge in [0, 0.05) is 5.69 Å². The van der Waals surface area contributed by atoms with Crippen LogP contribution in [0.5, 0.6) is 11.5 Å². The molecule has 2 amide bonds. The molecule has 1 atom stereocenters. The van der Waals surface area contributed by atoms with E-state index < -0.39 is 22.0 Å². The van der Waals surface area contributed by atoms with Crippen molar-refractivity contribution in [3.8, 4) is 11.5 Å².